The molecule has 15 heavy (non-hydrogen) atoms. The normalized spacial score (nSPS) is 19.9. The summed E-state index contributed by atoms with van der Waals surface area (Å²) in [6.45, 7) is 2.80. The number of thioether (sulfide) groups is 1. The van der Waals surface area contributed by atoms with Crippen LogP contribution < -0.4 is 0 Å². The Morgan fingerprint density at radius 2 is 2.20 bits per heavy atom. The number of halogens is 1. The maximum atomic E-state index is 5.82. The molecule has 1 aliphatic rings. The molecule has 1 unspecified atom stereocenters. The summed E-state index contributed by atoms with van der Waals surface area (Å²) in [6, 6.07) is 7.74. The molecule has 1 aromatic rings. The van der Waals surface area contributed by atoms with Crippen molar-refractivity contribution < 1.29 is 4.74 Å². The minimum absolute atomic E-state index is 0.0660. The van der Waals surface area contributed by atoms with Crippen LogP contribution in [0.4, 0.5) is 0 Å². The minimum Gasteiger partial charge on any atom is -0.463 e. The third kappa shape index (κ3) is 2.67. The van der Waals surface area contributed by atoms with E-state index in [1.807, 2.05) is 24.3 Å². The highest BCUT2D eigenvalue weighted by Gasteiger charge is 2.21. The van der Waals surface area contributed by atoms with Crippen molar-refractivity contribution >= 4 is 28.6 Å². The molecule has 0 fully saturated rings. The van der Waals surface area contributed by atoms with Crippen LogP contribution in [0.5, 0.6) is 0 Å². The fraction of sp³-hybridized carbons (Fsp3) is 0.364. The Hall–Kier alpha value is -0.670. The number of benzene rings is 1. The van der Waals surface area contributed by atoms with Crippen molar-refractivity contribution in [2.45, 2.75) is 13.0 Å². The van der Waals surface area contributed by atoms with Crippen LogP contribution in [-0.4, -0.2) is 17.5 Å². The van der Waals surface area contributed by atoms with Crippen molar-refractivity contribution in [1.29, 1.82) is 0 Å². The lowest BCUT2D eigenvalue weighted by Crippen LogP contribution is -2.02. The molecule has 2 rings (SSSR count). The van der Waals surface area contributed by atoms with Gasteiger partial charge in [0, 0.05) is 5.02 Å². The Morgan fingerprint density at radius 3 is 2.87 bits per heavy atom. The van der Waals surface area contributed by atoms with E-state index in [0.717, 1.165) is 21.6 Å². The molecule has 0 radical (unpaired) electrons. The second-order valence-electron chi connectivity index (χ2n) is 3.20. The molecule has 80 valence electrons. The zero-order chi connectivity index (χ0) is 10.7. The molecule has 0 bridgehead atoms. The molecule has 0 aliphatic carbocycles. The van der Waals surface area contributed by atoms with Crippen LogP contribution in [0, 0.1) is 0 Å². The predicted molar refractivity (Wildman–Crippen MR) is 65.7 cm³/mol. The Bertz CT molecular complexity index is 363. The van der Waals surface area contributed by atoms with Gasteiger partial charge in [-0.2, -0.15) is 0 Å². The highest BCUT2D eigenvalue weighted by Crippen LogP contribution is 2.27. The monoisotopic (exact) mass is 241 g/mol. The second-order valence-corrected chi connectivity index (χ2v) is 4.85. The molecule has 1 heterocycles. The average Bonchev–Trinajstić information content (AvgIpc) is 2.68. The molecule has 0 N–H and O–H groups in total. The van der Waals surface area contributed by atoms with Crippen molar-refractivity contribution in [3.8, 4) is 0 Å². The lowest BCUT2D eigenvalue weighted by Gasteiger charge is -2.10. The SMILES string of the molecule is CCSC1=NCC(c2ccc(Cl)cc2)O1. The van der Waals surface area contributed by atoms with Crippen molar-refractivity contribution in [1.82, 2.24) is 0 Å². The van der Waals surface area contributed by atoms with Gasteiger partial charge in [0.05, 0.1) is 6.54 Å². The lowest BCUT2D eigenvalue weighted by atomic mass is 10.1. The summed E-state index contributed by atoms with van der Waals surface area (Å²) in [4.78, 5) is 4.33. The summed E-state index contributed by atoms with van der Waals surface area (Å²) in [5.41, 5.74) is 1.13. The number of rotatable bonds is 2. The summed E-state index contributed by atoms with van der Waals surface area (Å²) < 4.78 is 5.70. The van der Waals surface area contributed by atoms with Crippen LogP contribution >= 0.6 is 23.4 Å². The van der Waals surface area contributed by atoms with Crippen LogP contribution in [0.1, 0.15) is 18.6 Å². The van der Waals surface area contributed by atoms with E-state index < -0.39 is 0 Å². The number of hydrogen-bond donors (Lipinski definition) is 0. The number of aliphatic imine (C=N–C) groups is 1. The zero-order valence-corrected chi connectivity index (χ0v) is 10.0. The lowest BCUT2D eigenvalue weighted by molar-refractivity contribution is 0.236. The smallest absolute Gasteiger partial charge is 0.246 e. The number of nitrogens with zero attached hydrogens (tertiary/aromatic N) is 1. The van der Waals surface area contributed by atoms with Gasteiger partial charge in [0.2, 0.25) is 5.23 Å². The van der Waals surface area contributed by atoms with Crippen molar-refractivity contribution in [2.24, 2.45) is 4.99 Å². The second kappa shape index (κ2) is 4.90. The molecular weight excluding hydrogens is 230 g/mol. The Balaban J connectivity index is 2.01. The largest absolute Gasteiger partial charge is 0.463 e. The van der Waals surface area contributed by atoms with E-state index >= 15 is 0 Å². The fourth-order valence-corrected chi connectivity index (χ4v) is 2.13. The van der Waals surface area contributed by atoms with E-state index in [4.69, 9.17) is 16.3 Å². The molecule has 1 aromatic carbocycles. The third-order valence-electron chi connectivity index (χ3n) is 2.14. The molecule has 0 saturated carbocycles. The van der Waals surface area contributed by atoms with Gasteiger partial charge in [-0.25, -0.2) is 4.99 Å². The van der Waals surface area contributed by atoms with E-state index in [1.165, 1.54) is 0 Å². The number of hydrogen-bond acceptors (Lipinski definition) is 3. The summed E-state index contributed by atoms with van der Waals surface area (Å²) in [5.74, 6) is 0.992. The third-order valence-corrected chi connectivity index (χ3v) is 3.15. The van der Waals surface area contributed by atoms with Crippen molar-refractivity contribution in [3.63, 3.8) is 0 Å². The van der Waals surface area contributed by atoms with Crippen molar-refractivity contribution in [3.05, 3.63) is 34.9 Å². The summed E-state index contributed by atoms with van der Waals surface area (Å²) >= 11 is 7.47. The Kier molecular flexibility index (Phi) is 3.54. The van der Waals surface area contributed by atoms with Gasteiger partial charge in [-0.3, -0.25) is 0 Å². The van der Waals surface area contributed by atoms with Gasteiger partial charge < -0.3 is 4.74 Å². The van der Waals surface area contributed by atoms with Crippen LogP contribution in [0.25, 0.3) is 0 Å². The van der Waals surface area contributed by atoms with Crippen molar-refractivity contribution in [2.75, 3.05) is 12.3 Å². The summed E-state index contributed by atoms with van der Waals surface area (Å²) in [7, 11) is 0. The maximum absolute atomic E-state index is 5.82. The average molecular weight is 242 g/mol. The van der Waals surface area contributed by atoms with Gasteiger partial charge in [0.15, 0.2) is 0 Å². The molecule has 0 amide bonds. The Morgan fingerprint density at radius 1 is 1.47 bits per heavy atom. The van der Waals surface area contributed by atoms with Crippen LogP contribution in [0.15, 0.2) is 29.3 Å². The van der Waals surface area contributed by atoms with E-state index in [2.05, 4.69) is 11.9 Å². The van der Waals surface area contributed by atoms with E-state index in [-0.39, 0.29) is 6.10 Å². The van der Waals surface area contributed by atoms with E-state index in [0.29, 0.717) is 6.54 Å². The van der Waals surface area contributed by atoms with Gasteiger partial charge in [0.25, 0.3) is 0 Å². The standard InChI is InChI=1S/C11H12ClNOS/c1-2-15-11-13-7-10(14-11)8-3-5-9(12)6-4-8/h3-6,10H,2,7H2,1H3. The Labute approximate surface area is 98.7 Å². The number of ether oxygens (including phenoxy) is 1. The van der Waals surface area contributed by atoms with E-state index in [1.54, 1.807) is 11.8 Å². The zero-order valence-electron chi connectivity index (χ0n) is 8.44. The molecule has 1 atom stereocenters. The first-order valence-electron chi connectivity index (χ1n) is 4.89. The predicted octanol–water partition coefficient (Wildman–Crippen LogP) is 3.52. The van der Waals surface area contributed by atoms with Gasteiger partial charge >= 0.3 is 0 Å². The minimum atomic E-state index is 0.0660. The van der Waals surface area contributed by atoms with Gasteiger partial charge in [-0.1, -0.05) is 42.4 Å². The van der Waals surface area contributed by atoms with Gasteiger partial charge in [-0.05, 0) is 23.4 Å². The quantitative estimate of drug-likeness (QED) is 0.790. The first kappa shape index (κ1) is 10.8. The highest BCUT2D eigenvalue weighted by molar-refractivity contribution is 8.13. The molecule has 0 saturated heterocycles. The maximum Gasteiger partial charge on any atom is 0.246 e. The molecular formula is C11H12ClNOS. The first-order chi connectivity index (χ1) is 7.29. The van der Waals surface area contributed by atoms with Crippen LogP contribution in [0.3, 0.4) is 0 Å². The summed E-state index contributed by atoms with van der Waals surface area (Å²) in [5, 5.41) is 1.55. The molecule has 1 aliphatic heterocycles. The van der Waals surface area contributed by atoms with Gasteiger partial charge in [0.1, 0.15) is 6.10 Å². The van der Waals surface area contributed by atoms with Gasteiger partial charge in [-0.15, -0.1) is 0 Å². The molecule has 0 aromatic heterocycles. The molecule has 0 spiro atoms. The molecule has 2 nitrogen and oxygen atoms in total. The fourth-order valence-electron chi connectivity index (χ4n) is 1.41. The first-order valence-corrected chi connectivity index (χ1v) is 6.25. The topological polar surface area (TPSA) is 21.6 Å². The summed E-state index contributed by atoms with van der Waals surface area (Å²) in [6.07, 6.45) is 0.0660. The van der Waals surface area contributed by atoms with Crippen LogP contribution in [-0.2, 0) is 4.74 Å². The van der Waals surface area contributed by atoms with Crippen LogP contribution in [0.2, 0.25) is 5.02 Å². The highest BCUT2D eigenvalue weighted by atomic mass is 35.5. The molecule has 4 heteroatoms. The van der Waals surface area contributed by atoms with E-state index in [9.17, 15) is 0 Å².